The molecular weight excluding hydrogens is 452 g/mol. The maximum absolute atomic E-state index is 13.1. The van der Waals surface area contributed by atoms with Crippen LogP contribution in [0.1, 0.15) is 13.8 Å². The highest BCUT2D eigenvalue weighted by molar-refractivity contribution is 14.0. The summed E-state index contributed by atoms with van der Waals surface area (Å²) in [6.07, 6.45) is 0. The normalized spacial score (nSPS) is 19.7. The average Bonchev–Trinajstić information content (AvgIpc) is 2.98. The molecule has 8 heteroatoms. The minimum atomic E-state index is -0.325. The molecule has 1 heterocycles. The van der Waals surface area contributed by atoms with Gasteiger partial charge in [-0.2, -0.15) is 0 Å². The monoisotopic (exact) mass is 479 g/mol. The van der Waals surface area contributed by atoms with E-state index in [4.69, 9.17) is 9.47 Å². The van der Waals surface area contributed by atoms with Crippen LogP contribution >= 0.6 is 24.0 Å². The first-order valence-electron chi connectivity index (χ1n) is 8.54. The van der Waals surface area contributed by atoms with Gasteiger partial charge in [-0.25, -0.2) is 9.38 Å². The molecule has 0 saturated carbocycles. The van der Waals surface area contributed by atoms with Gasteiger partial charge in [-0.15, -0.1) is 24.0 Å². The molecule has 2 unspecified atom stereocenters. The lowest BCUT2D eigenvalue weighted by atomic mass is 9.99. The third kappa shape index (κ3) is 6.30. The van der Waals surface area contributed by atoms with Crippen molar-refractivity contribution in [1.82, 2.24) is 10.2 Å². The number of likely N-dealkylation sites (tertiary alicyclic amines) is 1. The summed E-state index contributed by atoms with van der Waals surface area (Å²) in [6, 6.07) is 6.04. The predicted molar refractivity (Wildman–Crippen MR) is 110 cm³/mol. The lowest BCUT2D eigenvalue weighted by Gasteiger charge is -2.21. The van der Waals surface area contributed by atoms with E-state index in [9.17, 15) is 9.18 Å². The largest absolute Gasteiger partial charge is 0.492 e. The van der Waals surface area contributed by atoms with E-state index in [1.54, 1.807) is 12.1 Å². The molecule has 146 valence electrons. The van der Waals surface area contributed by atoms with Gasteiger partial charge in [0.25, 0.3) is 0 Å². The fourth-order valence-corrected chi connectivity index (χ4v) is 2.90. The van der Waals surface area contributed by atoms with Crippen LogP contribution in [-0.2, 0) is 9.53 Å². The quantitative estimate of drug-likeness (QED) is 0.224. The number of ether oxygens (including phenoxy) is 2. The van der Waals surface area contributed by atoms with Gasteiger partial charge >= 0.3 is 5.97 Å². The van der Waals surface area contributed by atoms with Gasteiger partial charge < -0.3 is 19.7 Å². The molecule has 0 aromatic heterocycles. The number of methoxy groups -OCH3 is 1. The van der Waals surface area contributed by atoms with Crippen molar-refractivity contribution in [3.8, 4) is 5.75 Å². The number of esters is 1. The summed E-state index contributed by atoms with van der Waals surface area (Å²) in [6.45, 7) is 6.89. The molecule has 1 N–H and O–H groups in total. The summed E-state index contributed by atoms with van der Waals surface area (Å²) >= 11 is 0. The second-order valence-electron chi connectivity index (χ2n) is 6.05. The SMILES string of the molecule is CCNC(=NCCOc1cccc(F)c1)N1CC(C)C(C(=O)OC)C1.I. The van der Waals surface area contributed by atoms with Crippen molar-refractivity contribution in [2.45, 2.75) is 13.8 Å². The number of aliphatic imine (C=N–C) groups is 1. The van der Waals surface area contributed by atoms with E-state index in [0.717, 1.165) is 19.0 Å². The molecule has 1 fully saturated rings. The number of hydrogen-bond acceptors (Lipinski definition) is 4. The number of carbonyl (C=O) groups excluding carboxylic acids is 1. The number of rotatable bonds is 6. The highest BCUT2D eigenvalue weighted by Crippen LogP contribution is 2.24. The molecule has 6 nitrogen and oxygen atoms in total. The number of benzene rings is 1. The van der Waals surface area contributed by atoms with E-state index in [1.165, 1.54) is 19.2 Å². The van der Waals surface area contributed by atoms with Crippen LogP contribution in [0.2, 0.25) is 0 Å². The summed E-state index contributed by atoms with van der Waals surface area (Å²) in [4.78, 5) is 18.5. The van der Waals surface area contributed by atoms with Gasteiger partial charge in [0.05, 0.1) is 19.6 Å². The number of hydrogen-bond donors (Lipinski definition) is 1. The second-order valence-corrected chi connectivity index (χ2v) is 6.05. The van der Waals surface area contributed by atoms with Crippen molar-refractivity contribution < 1.29 is 18.7 Å². The van der Waals surface area contributed by atoms with E-state index in [-0.39, 0.29) is 47.6 Å². The van der Waals surface area contributed by atoms with Crippen LogP contribution in [0.3, 0.4) is 0 Å². The van der Waals surface area contributed by atoms with Crippen LogP contribution in [0.4, 0.5) is 4.39 Å². The van der Waals surface area contributed by atoms with Crippen LogP contribution in [0.5, 0.6) is 5.75 Å². The lowest BCUT2D eigenvalue weighted by molar-refractivity contribution is -0.145. The van der Waals surface area contributed by atoms with Crippen LogP contribution < -0.4 is 10.1 Å². The second kappa shape index (κ2) is 11.2. The molecule has 2 rings (SSSR count). The smallest absolute Gasteiger partial charge is 0.310 e. The highest BCUT2D eigenvalue weighted by Gasteiger charge is 2.36. The topological polar surface area (TPSA) is 63.2 Å². The minimum Gasteiger partial charge on any atom is -0.492 e. The Morgan fingerprint density at radius 1 is 1.42 bits per heavy atom. The zero-order chi connectivity index (χ0) is 18.2. The van der Waals surface area contributed by atoms with Gasteiger partial charge in [0.2, 0.25) is 0 Å². The number of carbonyl (C=O) groups is 1. The fraction of sp³-hybridized carbons (Fsp3) is 0.556. The average molecular weight is 479 g/mol. The van der Waals surface area contributed by atoms with Gasteiger partial charge in [-0.1, -0.05) is 13.0 Å². The highest BCUT2D eigenvalue weighted by atomic mass is 127. The van der Waals surface area contributed by atoms with Crippen molar-refractivity contribution >= 4 is 35.9 Å². The molecule has 1 saturated heterocycles. The van der Waals surface area contributed by atoms with Crippen molar-refractivity contribution in [3.63, 3.8) is 0 Å². The molecule has 2 atom stereocenters. The Labute approximate surface area is 171 Å². The lowest BCUT2D eigenvalue weighted by Crippen LogP contribution is -2.41. The number of nitrogens with zero attached hydrogens (tertiary/aromatic N) is 2. The zero-order valence-corrected chi connectivity index (χ0v) is 17.7. The molecule has 1 aliphatic rings. The van der Waals surface area contributed by atoms with E-state index in [1.807, 2.05) is 13.8 Å². The molecular formula is C18H27FIN3O3. The zero-order valence-electron chi connectivity index (χ0n) is 15.4. The van der Waals surface area contributed by atoms with Crippen LogP contribution in [0, 0.1) is 17.7 Å². The Bertz CT molecular complexity index is 615. The number of halogens is 2. The molecule has 26 heavy (non-hydrogen) atoms. The van der Waals surface area contributed by atoms with Crippen LogP contribution in [0.25, 0.3) is 0 Å². The molecule has 0 bridgehead atoms. The third-order valence-corrected chi connectivity index (χ3v) is 4.17. The van der Waals surface area contributed by atoms with Gasteiger partial charge in [0.1, 0.15) is 18.2 Å². The summed E-state index contributed by atoms with van der Waals surface area (Å²) in [7, 11) is 1.42. The molecule has 0 spiro atoms. The minimum absolute atomic E-state index is 0. The molecule has 1 aliphatic heterocycles. The first kappa shape index (κ1) is 22.5. The van der Waals surface area contributed by atoms with Crippen molar-refractivity contribution in [1.29, 1.82) is 0 Å². The Morgan fingerprint density at radius 2 is 2.19 bits per heavy atom. The first-order valence-corrected chi connectivity index (χ1v) is 8.54. The fourth-order valence-electron chi connectivity index (χ4n) is 2.90. The van der Waals surface area contributed by atoms with E-state index in [2.05, 4.69) is 15.2 Å². The van der Waals surface area contributed by atoms with Gasteiger partial charge in [0, 0.05) is 25.7 Å². The molecule has 0 radical (unpaired) electrons. The Hall–Kier alpha value is -1.58. The Balaban J connectivity index is 0.00000338. The van der Waals surface area contributed by atoms with Crippen LogP contribution in [0.15, 0.2) is 29.3 Å². The van der Waals surface area contributed by atoms with Gasteiger partial charge in [-0.3, -0.25) is 4.79 Å². The first-order chi connectivity index (χ1) is 12.0. The summed E-state index contributed by atoms with van der Waals surface area (Å²) in [5, 5.41) is 3.24. The molecule has 1 aromatic carbocycles. The maximum Gasteiger partial charge on any atom is 0.310 e. The number of nitrogens with one attached hydrogen (secondary N) is 1. The van der Waals surface area contributed by atoms with Crippen molar-refractivity contribution in [2.24, 2.45) is 16.8 Å². The standard InChI is InChI=1S/C18H26FN3O3.HI/c1-4-20-18(22-11-13(2)16(12-22)17(23)24-3)21-8-9-25-15-7-5-6-14(19)10-15;/h5-7,10,13,16H,4,8-9,11-12H2,1-3H3,(H,20,21);1H. The maximum atomic E-state index is 13.1. The number of guanidine groups is 1. The summed E-state index contributed by atoms with van der Waals surface area (Å²) < 4.78 is 23.5. The van der Waals surface area contributed by atoms with E-state index >= 15 is 0 Å². The molecule has 0 aliphatic carbocycles. The van der Waals surface area contributed by atoms with E-state index < -0.39 is 0 Å². The van der Waals surface area contributed by atoms with Gasteiger partial charge in [-0.05, 0) is 25.0 Å². The Morgan fingerprint density at radius 3 is 2.85 bits per heavy atom. The van der Waals surface area contributed by atoms with E-state index in [0.29, 0.717) is 25.4 Å². The van der Waals surface area contributed by atoms with Crippen molar-refractivity contribution in [2.75, 3.05) is 39.9 Å². The van der Waals surface area contributed by atoms with Crippen LogP contribution in [-0.4, -0.2) is 56.7 Å². The van der Waals surface area contributed by atoms with Crippen molar-refractivity contribution in [3.05, 3.63) is 30.1 Å². The summed E-state index contributed by atoms with van der Waals surface area (Å²) in [5.74, 6) is 0.802. The van der Waals surface area contributed by atoms with Gasteiger partial charge in [0.15, 0.2) is 5.96 Å². The Kier molecular flexibility index (Phi) is 9.68. The molecule has 0 amide bonds. The molecule has 1 aromatic rings. The predicted octanol–water partition coefficient (Wildman–Crippen LogP) is 2.53. The third-order valence-electron chi connectivity index (χ3n) is 4.17. The summed E-state index contributed by atoms with van der Waals surface area (Å²) in [5.41, 5.74) is 0.